The van der Waals surface area contributed by atoms with Crippen LogP contribution >= 0.6 is 11.8 Å². The number of aromatic nitrogens is 3. The molecule has 0 aliphatic rings. The Morgan fingerprint density at radius 2 is 2.32 bits per heavy atom. The van der Waals surface area contributed by atoms with Gasteiger partial charge in [0, 0.05) is 17.5 Å². The Labute approximate surface area is 113 Å². The molecule has 2 rings (SSSR count). The third-order valence-corrected chi connectivity index (χ3v) is 3.67. The van der Waals surface area contributed by atoms with Crippen molar-refractivity contribution in [2.75, 3.05) is 0 Å². The van der Waals surface area contributed by atoms with E-state index in [0.29, 0.717) is 10.7 Å². The second kappa shape index (κ2) is 5.19. The van der Waals surface area contributed by atoms with Gasteiger partial charge in [-0.3, -0.25) is 4.57 Å². The van der Waals surface area contributed by atoms with Gasteiger partial charge in [0.1, 0.15) is 0 Å². The minimum atomic E-state index is -0.291. The summed E-state index contributed by atoms with van der Waals surface area (Å²) < 4.78 is 1.39. The molecule has 8 heteroatoms. The first kappa shape index (κ1) is 13.2. The summed E-state index contributed by atoms with van der Waals surface area (Å²) in [5.74, 6) is 0.0167. The lowest BCUT2D eigenvalue weighted by Crippen LogP contribution is -2.15. The summed E-state index contributed by atoms with van der Waals surface area (Å²) in [5, 5.41) is 18.6. The van der Waals surface area contributed by atoms with E-state index in [1.54, 1.807) is 13.1 Å². The summed E-state index contributed by atoms with van der Waals surface area (Å²) in [7, 11) is 1.62. The largest absolute Gasteiger partial charge is 0.409 e. The van der Waals surface area contributed by atoms with E-state index in [4.69, 9.17) is 10.9 Å². The normalized spacial score (nSPS) is 11.8. The van der Waals surface area contributed by atoms with Crippen LogP contribution in [0, 0.1) is 6.92 Å². The Morgan fingerprint density at radius 3 is 2.89 bits per heavy atom. The van der Waals surface area contributed by atoms with Crippen molar-refractivity contribution in [1.29, 1.82) is 0 Å². The molecule has 0 saturated carbocycles. The smallest absolute Gasteiger partial charge is 0.343 e. The van der Waals surface area contributed by atoms with E-state index in [2.05, 4.69) is 15.4 Å². The standard InChI is InChI=1S/C11H13N5O2S/c1-6-3-4-7(9(12)15-18)8(5-6)19-11-14-13-10(17)16(11)2/h3-5,18H,1-2H3,(H2,12,15)(H,13,17). The molecule has 0 bridgehead atoms. The van der Waals surface area contributed by atoms with Crippen molar-refractivity contribution in [3.63, 3.8) is 0 Å². The van der Waals surface area contributed by atoms with Gasteiger partial charge in [-0.2, -0.15) is 0 Å². The Hall–Kier alpha value is -2.22. The number of nitrogens with zero attached hydrogens (tertiary/aromatic N) is 3. The van der Waals surface area contributed by atoms with Gasteiger partial charge in [-0.25, -0.2) is 9.89 Å². The van der Waals surface area contributed by atoms with E-state index in [1.807, 2.05) is 19.1 Å². The molecule has 0 unspecified atom stereocenters. The number of benzene rings is 1. The molecule has 100 valence electrons. The van der Waals surface area contributed by atoms with E-state index in [0.717, 1.165) is 10.5 Å². The van der Waals surface area contributed by atoms with Crippen LogP contribution in [0.3, 0.4) is 0 Å². The zero-order chi connectivity index (χ0) is 14.0. The average Bonchev–Trinajstić information content (AvgIpc) is 2.70. The molecule has 7 nitrogen and oxygen atoms in total. The molecule has 1 aromatic heterocycles. The van der Waals surface area contributed by atoms with Crippen molar-refractivity contribution in [2.24, 2.45) is 17.9 Å². The van der Waals surface area contributed by atoms with Gasteiger partial charge in [-0.1, -0.05) is 11.2 Å². The highest BCUT2D eigenvalue weighted by molar-refractivity contribution is 7.99. The Bertz CT molecular complexity index is 689. The number of aromatic amines is 1. The number of hydrogen-bond acceptors (Lipinski definition) is 5. The number of hydrogen-bond donors (Lipinski definition) is 3. The van der Waals surface area contributed by atoms with Crippen LogP contribution in [-0.2, 0) is 7.05 Å². The van der Waals surface area contributed by atoms with Gasteiger partial charge >= 0.3 is 5.69 Å². The molecule has 1 heterocycles. The fraction of sp³-hybridized carbons (Fsp3) is 0.182. The molecule has 0 atom stereocenters. The molecule has 0 aliphatic heterocycles. The van der Waals surface area contributed by atoms with E-state index < -0.39 is 0 Å². The van der Waals surface area contributed by atoms with Gasteiger partial charge in [0.25, 0.3) is 0 Å². The van der Waals surface area contributed by atoms with E-state index in [9.17, 15) is 4.79 Å². The Balaban J connectivity index is 2.47. The summed E-state index contributed by atoms with van der Waals surface area (Å²) >= 11 is 1.27. The maximum Gasteiger partial charge on any atom is 0.343 e. The minimum absolute atomic E-state index is 0.0167. The van der Waals surface area contributed by atoms with Gasteiger partial charge < -0.3 is 10.9 Å². The number of nitrogens with one attached hydrogen (secondary N) is 1. The van der Waals surface area contributed by atoms with Crippen molar-refractivity contribution in [1.82, 2.24) is 14.8 Å². The number of H-pyrrole nitrogens is 1. The van der Waals surface area contributed by atoms with Crippen LogP contribution in [-0.4, -0.2) is 25.8 Å². The molecule has 0 spiro atoms. The zero-order valence-electron chi connectivity index (χ0n) is 10.4. The average molecular weight is 279 g/mol. The topological polar surface area (TPSA) is 109 Å². The van der Waals surface area contributed by atoms with Crippen LogP contribution in [0.4, 0.5) is 0 Å². The maximum absolute atomic E-state index is 11.3. The molecule has 0 amide bonds. The van der Waals surface area contributed by atoms with Crippen LogP contribution < -0.4 is 11.4 Å². The molecule has 0 radical (unpaired) electrons. The molecule has 4 N–H and O–H groups in total. The van der Waals surface area contributed by atoms with Crippen molar-refractivity contribution in [2.45, 2.75) is 17.0 Å². The highest BCUT2D eigenvalue weighted by Crippen LogP contribution is 2.29. The molecule has 2 aromatic rings. The van der Waals surface area contributed by atoms with Gasteiger partial charge in [0.2, 0.25) is 0 Å². The van der Waals surface area contributed by atoms with E-state index in [1.165, 1.54) is 16.3 Å². The molecular weight excluding hydrogens is 266 g/mol. The van der Waals surface area contributed by atoms with Gasteiger partial charge in [-0.05, 0) is 36.4 Å². The lowest BCUT2D eigenvalue weighted by Gasteiger charge is -2.08. The monoisotopic (exact) mass is 279 g/mol. The summed E-state index contributed by atoms with van der Waals surface area (Å²) in [6, 6.07) is 5.51. The lowest BCUT2D eigenvalue weighted by atomic mass is 10.1. The first-order chi connectivity index (χ1) is 9.02. The second-order valence-electron chi connectivity index (χ2n) is 3.96. The van der Waals surface area contributed by atoms with Gasteiger partial charge in [0.15, 0.2) is 11.0 Å². The van der Waals surface area contributed by atoms with Crippen molar-refractivity contribution >= 4 is 17.6 Å². The van der Waals surface area contributed by atoms with Gasteiger partial charge in [0.05, 0.1) is 0 Å². The Kier molecular flexibility index (Phi) is 3.61. The fourth-order valence-electron chi connectivity index (χ4n) is 1.50. The predicted molar refractivity (Wildman–Crippen MR) is 71.6 cm³/mol. The molecule has 0 fully saturated rings. The predicted octanol–water partition coefficient (Wildman–Crippen LogP) is 0.663. The van der Waals surface area contributed by atoms with Crippen molar-refractivity contribution < 1.29 is 5.21 Å². The molecule has 19 heavy (non-hydrogen) atoms. The number of rotatable bonds is 3. The second-order valence-corrected chi connectivity index (χ2v) is 4.97. The fourth-order valence-corrected chi connectivity index (χ4v) is 2.54. The van der Waals surface area contributed by atoms with E-state index >= 15 is 0 Å². The first-order valence-electron chi connectivity index (χ1n) is 5.40. The molecule has 1 aromatic carbocycles. The summed E-state index contributed by atoms with van der Waals surface area (Å²) in [6.45, 7) is 1.93. The van der Waals surface area contributed by atoms with Gasteiger partial charge in [-0.15, -0.1) is 5.10 Å². The Morgan fingerprint density at radius 1 is 1.58 bits per heavy atom. The van der Waals surface area contributed by atoms with Crippen LogP contribution in [0.1, 0.15) is 11.1 Å². The first-order valence-corrected chi connectivity index (χ1v) is 6.22. The van der Waals surface area contributed by atoms with Crippen LogP contribution in [0.25, 0.3) is 0 Å². The van der Waals surface area contributed by atoms with Crippen LogP contribution in [0.15, 0.2) is 38.2 Å². The zero-order valence-corrected chi connectivity index (χ0v) is 11.2. The molecule has 0 saturated heterocycles. The number of nitrogens with two attached hydrogens (primary N) is 1. The minimum Gasteiger partial charge on any atom is -0.409 e. The quantitative estimate of drug-likeness (QED) is 0.331. The lowest BCUT2D eigenvalue weighted by molar-refractivity contribution is 0.318. The third kappa shape index (κ3) is 2.63. The SMILES string of the molecule is Cc1ccc(C(N)=NO)c(Sc2n[nH]c(=O)n2C)c1. The highest BCUT2D eigenvalue weighted by atomic mass is 32.2. The number of amidine groups is 1. The summed E-state index contributed by atoms with van der Waals surface area (Å²) in [5.41, 5.74) is 6.96. The summed E-state index contributed by atoms with van der Waals surface area (Å²) in [6.07, 6.45) is 0. The van der Waals surface area contributed by atoms with Crippen molar-refractivity contribution in [3.05, 3.63) is 39.8 Å². The highest BCUT2D eigenvalue weighted by Gasteiger charge is 2.12. The van der Waals surface area contributed by atoms with E-state index in [-0.39, 0.29) is 11.5 Å². The number of aryl methyl sites for hydroxylation is 1. The summed E-state index contributed by atoms with van der Waals surface area (Å²) in [4.78, 5) is 12.1. The number of oxime groups is 1. The maximum atomic E-state index is 11.3. The van der Waals surface area contributed by atoms with Crippen molar-refractivity contribution in [3.8, 4) is 0 Å². The third-order valence-electron chi connectivity index (χ3n) is 2.56. The molecule has 0 aliphatic carbocycles. The molecular formula is C11H13N5O2S. The van der Waals surface area contributed by atoms with Crippen LogP contribution in [0.5, 0.6) is 0 Å². The van der Waals surface area contributed by atoms with Crippen LogP contribution in [0.2, 0.25) is 0 Å².